The molecule has 5 rings (SSSR count). The molecule has 1 aliphatic rings. The van der Waals surface area contributed by atoms with E-state index in [4.69, 9.17) is 5.10 Å². The van der Waals surface area contributed by atoms with Crippen molar-refractivity contribution in [1.29, 1.82) is 0 Å². The van der Waals surface area contributed by atoms with Crippen LogP contribution in [0.5, 0.6) is 0 Å². The predicted octanol–water partition coefficient (Wildman–Crippen LogP) is 4.64. The average Bonchev–Trinajstić information content (AvgIpc) is 3.56. The van der Waals surface area contributed by atoms with Gasteiger partial charge in [-0.05, 0) is 36.4 Å². The van der Waals surface area contributed by atoms with E-state index in [-0.39, 0.29) is 11.8 Å². The Morgan fingerprint density at radius 1 is 0.941 bits per heavy atom. The van der Waals surface area contributed by atoms with Crippen LogP contribution >= 0.6 is 11.3 Å². The zero-order chi connectivity index (χ0) is 23.5. The summed E-state index contributed by atoms with van der Waals surface area (Å²) in [6.45, 7) is 0.650. The summed E-state index contributed by atoms with van der Waals surface area (Å²) >= 11 is 1.21. The van der Waals surface area contributed by atoms with Crippen LogP contribution in [0.4, 0.5) is 5.82 Å². The first-order valence-corrected chi connectivity index (χ1v) is 13.4. The van der Waals surface area contributed by atoms with Gasteiger partial charge >= 0.3 is 0 Å². The Balaban J connectivity index is 1.33. The number of carbonyl (C=O) groups excluding carboxylic acids is 1. The van der Waals surface area contributed by atoms with Crippen molar-refractivity contribution in [3.63, 3.8) is 0 Å². The molecule has 1 N–H and O–H groups in total. The molecular formula is C25H24N4O3S2. The van der Waals surface area contributed by atoms with Gasteiger partial charge in [-0.2, -0.15) is 9.40 Å². The average molecular weight is 493 g/mol. The van der Waals surface area contributed by atoms with Crippen LogP contribution in [-0.4, -0.2) is 41.5 Å². The van der Waals surface area contributed by atoms with Gasteiger partial charge in [0.1, 0.15) is 10.0 Å². The van der Waals surface area contributed by atoms with Gasteiger partial charge in [0.05, 0.1) is 11.4 Å². The minimum Gasteiger partial charge on any atom is -0.310 e. The molecule has 0 spiro atoms. The maximum absolute atomic E-state index is 13.2. The normalized spacial score (nSPS) is 15.3. The molecule has 0 aliphatic carbocycles. The molecule has 1 aliphatic heterocycles. The first-order chi connectivity index (χ1) is 16.5. The smallest absolute Gasteiger partial charge is 0.252 e. The van der Waals surface area contributed by atoms with Gasteiger partial charge in [0.15, 0.2) is 0 Å². The van der Waals surface area contributed by atoms with Crippen molar-refractivity contribution in [2.45, 2.75) is 17.1 Å². The molecule has 1 saturated heterocycles. The Kier molecular flexibility index (Phi) is 6.32. The summed E-state index contributed by atoms with van der Waals surface area (Å²) in [5.41, 5.74) is 2.56. The van der Waals surface area contributed by atoms with Crippen molar-refractivity contribution in [2.75, 3.05) is 18.4 Å². The first kappa shape index (κ1) is 22.5. The van der Waals surface area contributed by atoms with E-state index in [1.807, 2.05) is 66.7 Å². The molecule has 0 atom stereocenters. The second kappa shape index (κ2) is 9.54. The molecule has 34 heavy (non-hydrogen) atoms. The van der Waals surface area contributed by atoms with Gasteiger partial charge in [-0.25, -0.2) is 13.1 Å². The summed E-state index contributed by atoms with van der Waals surface area (Å²) in [5, 5.41) is 9.54. The van der Waals surface area contributed by atoms with Crippen LogP contribution in [0.1, 0.15) is 12.8 Å². The molecule has 1 amide bonds. The fourth-order valence-electron chi connectivity index (χ4n) is 4.11. The van der Waals surface area contributed by atoms with Crippen LogP contribution < -0.4 is 5.32 Å². The van der Waals surface area contributed by atoms with E-state index in [9.17, 15) is 13.2 Å². The number of para-hydroxylation sites is 1. The van der Waals surface area contributed by atoms with Gasteiger partial charge in [-0.15, -0.1) is 11.3 Å². The number of hydrogen-bond acceptors (Lipinski definition) is 5. The molecule has 0 radical (unpaired) electrons. The Hall–Kier alpha value is -3.27. The van der Waals surface area contributed by atoms with E-state index >= 15 is 0 Å². The van der Waals surface area contributed by atoms with Crippen LogP contribution in [0.15, 0.2) is 88.5 Å². The molecule has 4 aromatic rings. The quantitative estimate of drug-likeness (QED) is 0.425. The van der Waals surface area contributed by atoms with E-state index in [1.165, 1.54) is 15.6 Å². The van der Waals surface area contributed by atoms with Crippen LogP contribution in [0, 0.1) is 5.92 Å². The van der Waals surface area contributed by atoms with Crippen molar-refractivity contribution < 1.29 is 13.2 Å². The number of anilines is 1. The number of rotatable bonds is 6. The SMILES string of the molecule is O=C(Nc1cc(-c2ccccc2)nn1-c1ccccc1)C1CCN(S(=O)(=O)c2cccs2)CC1. The summed E-state index contributed by atoms with van der Waals surface area (Å²) in [6.07, 6.45) is 0.947. The molecule has 7 nitrogen and oxygen atoms in total. The molecule has 2 aromatic carbocycles. The number of piperidine rings is 1. The van der Waals surface area contributed by atoms with Gasteiger partial charge < -0.3 is 5.32 Å². The molecule has 0 saturated carbocycles. The summed E-state index contributed by atoms with van der Waals surface area (Å²) in [7, 11) is -3.49. The summed E-state index contributed by atoms with van der Waals surface area (Å²) in [5.74, 6) is 0.197. The maximum Gasteiger partial charge on any atom is 0.252 e. The Morgan fingerprint density at radius 3 is 2.26 bits per heavy atom. The van der Waals surface area contributed by atoms with Crippen molar-refractivity contribution in [3.05, 3.63) is 84.2 Å². The zero-order valence-electron chi connectivity index (χ0n) is 18.4. The Bertz CT molecular complexity index is 1360. The number of nitrogens with zero attached hydrogens (tertiary/aromatic N) is 3. The highest BCUT2D eigenvalue weighted by molar-refractivity contribution is 7.91. The lowest BCUT2D eigenvalue weighted by Crippen LogP contribution is -2.41. The van der Waals surface area contributed by atoms with E-state index in [2.05, 4.69) is 5.32 Å². The second-order valence-corrected chi connectivity index (χ2v) is 11.2. The summed E-state index contributed by atoms with van der Waals surface area (Å²) in [6, 6.07) is 24.7. The maximum atomic E-state index is 13.2. The minimum absolute atomic E-state index is 0.120. The highest BCUT2D eigenvalue weighted by Gasteiger charge is 2.33. The number of nitrogens with one attached hydrogen (secondary N) is 1. The van der Waals surface area contributed by atoms with Gasteiger partial charge in [-0.3, -0.25) is 4.79 Å². The van der Waals surface area contributed by atoms with E-state index < -0.39 is 10.0 Å². The van der Waals surface area contributed by atoms with Crippen molar-refractivity contribution in [2.24, 2.45) is 5.92 Å². The minimum atomic E-state index is -3.49. The molecule has 3 heterocycles. The van der Waals surface area contributed by atoms with Crippen molar-refractivity contribution >= 4 is 33.1 Å². The number of thiophene rings is 1. The van der Waals surface area contributed by atoms with Crippen LogP contribution in [0.2, 0.25) is 0 Å². The van der Waals surface area contributed by atoms with Crippen molar-refractivity contribution in [3.8, 4) is 16.9 Å². The van der Waals surface area contributed by atoms with E-state index in [0.29, 0.717) is 36.0 Å². The second-order valence-electron chi connectivity index (χ2n) is 8.13. The number of amides is 1. The third kappa shape index (κ3) is 4.54. The van der Waals surface area contributed by atoms with Gasteiger partial charge in [0.25, 0.3) is 10.0 Å². The Morgan fingerprint density at radius 2 is 1.62 bits per heavy atom. The van der Waals surface area contributed by atoms with Gasteiger partial charge in [0, 0.05) is 30.6 Å². The van der Waals surface area contributed by atoms with Crippen LogP contribution in [0.25, 0.3) is 16.9 Å². The lowest BCUT2D eigenvalue weighted by molar-refractivity contribution is -0.120. The summed E-state index contributed by atoms with van der Waals surface area (Å²) in [4.78, 5) is 13.2. The Labute approximate surface area is 202 Å². The number of hydrogen-bond donors (Lipinski definition) is 1. The molecule has 1 fully saturated rings. The number of carbonyl (C=O) groups is 1. The third-order valence-corrected chi connectivity index (χ3v) is 9.22. The fourth-order valence-corrected chi connectivity index (χ4v) is 6.72. The molecule has 0 unspecified atom stereocenters. The monoisotopic (exact) mass is 492 g/mol. The van der Waals surface area contributed by atoms with E-state index in [0.717, 1.165) is 16.9 Å². The fraction of sp³-hybridized carbons (Fsp3) is 0.200. The number of aromatic nitrogens is 2. The third-order valence-electron chi connectivity index (χ3n) is 5.94. The first-order valence-electron chi connectivity index (χ1n) is 11.1. The van der Waals surface area contributed by atoms with Crippen LogP contribution in [0.3, 0.4) is 0 Å². The van der Waals surface area contributed by atoms with Gasteiger partial charge in [0.2, 0.25) is 5.91 Å². The molecule has 0 bridgehead atoms. The predicted molar refractivity (Wildman–Crippen MR) is 133 cm³/mol. The van der Waals surface area contributed by atoms with Crippen LogP contribution in [-0.2, 0) is 14.8 Å². The zero-order valence-corrected chi connectivity index (χ0v) is 20.0. The molecule has 174 valence electrons. The lowest BCUT2D eigenvalue weighted by atomic mass is 9.97. The largest absolute Gasteiger partial charge is 0.310 e. The molecule has 2 aromatic heterocycles. The van der Waals surface area contributed by atoms with Crippen molar-refractivity contribution in [1.82, 2.24) is 14.1 Å². The number of benzene rings is 2. The highest BCUT2D eigenvalue weighted by atomic mass is 32.2. The van der Waals surface area contributed by atoms with Gasteiger partial charge in [-0.1, -0.05) is 54.6 Å². The molecule has 9 heteroatoms. The highest BCUT2D eigenvalue weighted by Crippen LogP contribution is 2.29. The standard InChI is InChI=1S/C25H24N4O3S2/c30-25(20-13-15-28(16-14-20)34(31,32)24-12-7-17-33-24)26-23-18-22(19-8-3-1-4-9-19)27-29(23)21-10-5-2-6-11-21/h1-12,17-18,20H,13-16H2,(H,26,30). The molecular weight excluding hydrogens is 468 g/mol. The number of sulfonamides is 1. The topological polar surface area (TPSA) is 84.3 Å². The van der Waals surface area contributed by atoms with E-state index in [1.54, 1.807) is 22.2 Å². The lowest BCUT2D eigenvalue weighted by Gasteiger charge is -2.30. The summed E-state index contributed by atoms with van der Waals surface area (Å²) < 4.78 is 29.1.